The summed E-state index contributed by atoms with van der Waals surface area (Å²) in [7, 11) is 0. The molecule has 0 N–H and O–H groups in total. The van der Waals surface area contributed by atoms with Crippen LogP contribution in [0.25, 0.3) is 11.1 Å². The number of nitriles is 1. The summed E-state index contributed by atoms with van der Waals surface area (Å²) >= 11 is 0. The van der Waals surface area contributed by atoms with E-state index in [1.807, 2.05) is 121 Å². The first-order valence-electron chi connectivity index (χ1n) is 23.1. The van der Waals surface area contributed by atoms with Gasteiger partial charge >= 0.3 is 0 Å². The third-order valence-corrected chi connectivity index (χ3v) is 13.2. The van der Waals surface area contributed by atoms with Crippen molar-refractivity contribution in [1.82, 2.24) is 0 Å². The number of anilines is 12. The van der Waals surface area contributed by atoms with E-state index >= 15 is 0 Å². The highest BCUT2D eigenvalue weighted by molar-refractivity contribution is 6.14. The Bertz CT molecular complexity index is 3630. The Balaban J connectivity index is 1.25. The standard InChI is InChI=1S/C61H37N5O4/c62-38-39-33-35-40(36-34-39)59-49(63-41-17-1-9-25-51(41)67-52-26-10-2-18-42(52)63)37-50(64-43-19-3-11-27-53(43)68-54-28-12-4-20-44(54)64)60(65-45-21-5-13-29-55(45)69-56-30-14-6-22-46(56)65)61(59)66-47-23-7-15-31-57(47)70-58-32-16-8-24-48(58)66/h1-37H. The van der Waals surface area contributed by atoms with Crippen molar-refractivity contribution in [2.24, 2.45) is 0 Å². The molecule has 330 valence electrons. The van der Waals surface area contributed by atoms with Crippen LogP contribution in [-0.2, 0) is 0 Å². The normalized spacial score (nSPS) is 13.2. The van der Waals surface area contributed by atoms with Crippen molar-refractivity contribution < 1.29 is 18.9 Å². The summed E-state index contributed by atoms with van der Waals surface area (Å²) in [4.78, 5) is 9.34. The van der Waals surface area contributed by atoms with Crippen molar-refractivity contribution in [3.63, 3.8) is 0 Å². The van der Waals surface area contributed by atoms with E-state index in [0.29, 0.717) is 51.6 Å². The molecule has 0 saturated heterocycles. The van der Waals surface area contributed by atoms with E-state index in [0.717, 1.165) is 79.4 Å². The second kappa shape index (κ2) is 15.6. The molecule has 10 aromatic rings. The Morgan fingerprint density at radius 2 is 0.543 bits per heavy atom. The van der Waals surface area contributed by atoms with Crippen LogP contribution in [0.1, 0.15) is 5.56 Å². The van der Waals surface area contributed by atoms with Gasteiger partial charge in [-0.25, -0.2) is 0 Å². The molecule has 0 aliphatic carbocycles. The monoisotopic (exact) mass is 903 g/mol. The molecule has 4 aliphatic heterocycles. The second-order valence-electron chi connectivity index (χ2n) is 17.2. The van der Waals surface area contributed by atoms with Crippen LogP contribution < -0.4 is 38.5 Å². The number of ether oxygens (including phenoxy) is 4. The van der Waals surface area contributed by atoms with E-state index in [2.05, 4.69) is 129 Å². The number of benzene rings is 10. The summed E-state index contributed by atoms with van der Waals surface area (Å²) in [6.45, 7) is 0. The van der Waals surface area contributed by atoms with Gasteiger partial charge in [0.05, 0.1) is 79.9 Å². The molecule has 70 heavy (non-hydrogen) atoms. The SMILES string of the molecule is N#Cc1ccc(-c2c(N3c4ccccc4Oc4ccccc43)cc(N3c4ccccc4Oc4ccccc43)c(N3c4ccccc4Oc4ccccc43)c2N2c3ccccc3Oc3ccccc32)cc1. The zero-order valence-corrected chi connectivity index (χ0v) is 37.2. The van der Waals surface area contributed by atoms with Gasteiger partial charge < -0.3 is 33.6 Å². The summed E-state index contributed by atoms with van der Waals surface area (Å²) < 4.78 is 27.1. The Kier molecular flexibility index (Phi) is 8.75. The Morgan fingerprint density at radius 1 is 0.271 bits per heavy atom. The van der Waals surface area contributed by atoms with Gasteiger partial charge in [0, 0.05) is 5.56 Å². The van der Waals surface area contributed by atoms with Gasteiger partial charge in [0.15, 0.2) is 46.0 Å². The summed E-state index contributed by atoms with van der Waals surface area (Å²) in [5.74, 6) is 5.61. The van der Waals surface area contributed by atoms with E-state index < -0.39 is 0 Å². The van der Waals surface area contributed by atoms with Crippen LogP contribution in [0.4, 0.5) is 68.2 Å². The lowest BCUT2D eigenvalue weighted by Gasteiger charge is -2.44. The van der Waals surface area contributed by atoms with Crippen molar-refractivity contribution in [2.75, 3.05) is 19.6 Å². The quantitative estimate of drug-likeness (QED) is 0.168. The number of hydrogen-bond donors (Lipinski definition) is 0. The molecule has 10 aromatic carbocycles. The van der Waals surface area contributed by atoms with Crippen LogP contribution in [0.5, 0.6) is 46.0 Å². The van der Waals surface area contributed by atoms with Gasteiger partial charge in [-0.2, -0.15) is 5.26 Å². The molecule has 9 nitrogen and oxygen atoms in total. The van der Waals surface area contributed by atoms with Gasteiger partial charge in [0.2, 0.25) is 0 Å². The van der Waals surface area contributed by atoms with Crippen LogP contribution in [-0.4, -0.2) is 0 Å². The molecule has 0 bridgehead atoms. The number of para-hydroxylation sites is 16. The molecule has 9 heteroatoms. The maximum Gasteiger partial charge on any atom is 0.151 e. The average molecular weight is 904 g/mol. The highest BCUT2D eigenvalue weighted by Crippen LogP contribution is 2.67. The molecule has 0 fully saturated rings. The fraction of sp³-hybridized carbons (Fsp3) is 0. The molecule has 0 amide bonds. The van der Waals surface area contributed by atoms with Crippen molar-refractivity contribution in [1.29, 1.82) is 5.26 Å². The Morgan fingerprint density at radius 3 is 0.857 bits per heavy atom. The largest absolute Gasteiger partial charge is 0.453 e. The van der Waals surface area contributed by atoms with Crippen molar-refractivity contribution >= 4 is 68.2 Å². The zero-order chi connectivity index (χ0) is 46.3. The van der Waals surface area contributed by atoms with Gasteiger partial charge in [0.25, 0.3) is 0 Å². The van der Waals surface area contributed by atoms with Gasteiger partial charge in [-0.15, -0.1) is 0 Å². The third-order valence-electron chi connectivity index (χ3n) is 13.2. The van der Waals surface area contributed by atoms with Gasteiger partial charge in [-0.05, 0) is 121 Å². The molecular weight excluding hydrogens is 867 g/mol. The van der Waals surface area contributed by atoms with E-state index in [1.165, 1.54) is 0 Å². The van der Waals surface area contributed by atoms with Crippen LogP contribution in [0.3, 0.4) is 0 Å². The lowest BCUT2D eigenvalue weighted by atomic mass is 9.92. The molecular formula is C61H37N5O4. The summed E-state index contributed by atoms with van der Waals surface area (Å²) in [5, 5.41) is 10.3. The average Bonchev–Trinajstić information content (AvgIpc) is 3.42. The molecule has 0 aromatic heterocycles. The first-order chi connectivity index (χ1) is 34.7. The summed E-state index contributed by atoms with van der Waals surface area (Å²) in [6.07, 6.45) is 0. The Hall–Kier alpha value is -9.91. The smallest absolute Gasteiger partial charge is 0.151 e. The molecule has 0 saturated carbocycles. The van der Waals surface area contributed by atoms with Crippen LogP contribution >= 0.6 is 0 Å². The molecule has 0 radical (unpaired) electrons. The predicted molar refractivity (Wildman–Crippen MR) is 276 cm³/mol. The summed E-state index contributed by atoms with van der Waals surface area (Å²) in [6, 6.07) is 78.1. The molecule has 0 spiro atoms. The fourth-order valence-electron chi connectivity index (χ4n) is 10.2. The van der Waals surface area contributed by atoms with Crippen LogP contribution in [0, 0.1) is 11.3 Å². The minimum Gasteiger partial charge on any atom is -0.453 e. The number of hydrogen-bond acceptors (Lipinski definition) is 9. The number of fused-ring (bicyclic) bond motifs is 8. The van der Waals surface area contributed by atoms with Gasteiger partial charge in [-0.1, -0.05) is 109 Å². The highest BCUT2D eigenvalue weighted by atomic mass is 16.5. The molecule has 0 atom stereocenters. The first-order valence-corrected chi connectivity index (χ1v) is 23.1. The van der Waals surface area contributed by atoms with Gasteiger partial charge in [-0.3, -0.25) is 4.90 Å². The van der Waals surface area contributed by atoms with E-state index in [9.17, 15) is 5.26 Å². The van der Waals surface area contributed by atoms with E-state index in [1.54, 1.807) is 0 Å². The number of rotatable bonds is 5. The molecule has 0 unspecified atom stereocenters. The first kappa shape index (κ1) is 39.3. The van der Waals surface area contributed by atoms with E-state index in [-0.39, 0.29) is 0 Å². The fourth-order valence-corrected chi connectivity index (χ4v) is 10.2. The molecule has 4 aliphatic rings. The number of nitrogens with zero attached hydrogens (tertiary/aromatic N) is 5. The summed E-state index contributed by atoms with van der Waals surface area (Å²) in [5.41, 5.74) is 12.4. The third kappa shape index (κ3) is 5.97. The van der Waals surface area contributed by atoms with Crippen molar-refractivity contribution in [3.8, 4) is 63.2 Å². The lowest BCUT2D eigenvalue weighted by Crippen LogP contribution is -2.27. The minimum atomic E-state index is 0.547. The maximum atomic E-state index is 10.3. The topological polar surface area (TPSA) is 73.7 Å². The maximum absolute atomic E-state index is 10.3. The van der Waals surface area contributed by atoms with Crippen molar-refractivity contribution in [3.05, 3.63) is 230 Å². The van der Waals surface area contributed by atoms with Crippen LogP contribution in [0.2, 0.25) is 0 Å². The second-order valence-corrected chi connectivity index (χ2v) is 17.2. The lowest BCUT2D eigenvalue weighted by molar-refractivity contribution is 0.475. The Labute approximate surface area is 403 Å². The minimum absolute atomic E-state index is 0.547. The molecule has 14 rings (SSSR count). The zero-order valence-electron chi connectivity index (χ0n) is 37.2. The molecule has 4 heterocycles. The van der Waals surface area contributed by atoms with Crippen molar-refractivity contribution in [2.45, 2.75) is 0 Å². The van der Waals surface area contributed by atoms with E-state index in [4.69, 9.17) is 18.9 Å². The van der Waals surface area contributed by atoms with Crippen LogP contribution in [0.15, 0.2) is 224 Å². The van der Waals surface area contributed by atoms with Gasteiger partial charge in [0.1, 0.15) is 0 Å². The predicted octanol–water partition coefficient (Wildman–Crippen LogP) is 17.5. The highest BCUT2D eigenvalue weighted by Gasteiger charge is 2.42.